The van der Waals surface area contributed by atoms with Crippen LogP contribution in [0.4, 0.5) is 0 Å². The Labute approximate surface area is 44.9 Å². The molecule has 0 radical (unpaired) electrons. The van der Waals surface area contributed by atoms with Gasteiger partial charge in [0.2, 0.25) is 0 Å². The minimum absolute atomic E-state index is 0.646. The van der Waals surface area contributed by atoms with E-state index >= 15 is 0 Å². The Morgan fingerprint density at radius 2 is 2.43 bits per heavy atom. The highest BCUT2D eigenvalue weighted by Gasteiger charge is 1.84. The van der Waals surface area contributed by atoms with Crippen LogP contribution in [-0.2, 0) is 4.79 Å². The first-order chi connectivity index (χ1) is 3.27. The molecular weight excluding hydrogens is 88.9 g/mol. The monoisotopic (exact) mass is 99.1 g/mol. The van der Waals surface area contributed by atoms with E-state index < -0.39 is 0 Å². The minimum atomic E-state index is 0.646. The molecule has 0 fully saturated rings. The second-order valence-corrected chi connectivity index (χ2v) is 1.76. The SMILES string of the molecule is BN(C)CCC=O. The highest BCUT2D eigenvalue weighted by molar-refractivity contribution is 6.04. The molecule has 0 saturated carbocycles. The van der Waals surface area contributed by atoms with E-state index in [1.165, 1.54) is 0 Å². The molecule has 0 bridgehead atoms. The van der Waals surface area contributed by atoms with Gasteiger partial charge in [-0.15, -0.1) is 0 Å². The molecule has 0 aromatic carbocycles. The van der Waals surface area contributed by atoms with Crippen molar-refractivity contribution >= 4 is 14.3 Å². The van der Waals surface area contributed by atoms with Crippen LogP contribution >= 0.6 is 0 Å². The Bertz CT molecular complexity index is 55.7. The first kappa shape index (κ1) is 6.69. The first-order valence-electron chi connectivity index (χ1n) is 2.35. The molecule has 0 amide bonds. The summed E-state index contributed by atoms with van der Waals surface area (Å²) in [4.78, 5) is 11.7. The predicted octanol–water partition coefficient (Wildman–Crippen LogP) is -0.945. The third-order valence-corrected chi connectivity index (χ3v) is 0.694. The molecule has 0 N–H and O–H groups in total. The first-order valence-corrected chi connectivity index (χ1v) is 2.35. The number of nitrogens with zero attached hydrogens (tertiary/aromatic N) is 1. The fourth-order valence-electron chi connectivity index (χ4n) is 0.311. The molecule has 0 unspecified atom stereocenters. The third kappa shape index (κ3) is 5.69. The Morgan fingerprint density at radius 3 is 2.57 bits per heavy atom. The lowest BCUT2D eigenvalue weighted by atomic mass is 10.3. The van der Waals surface area contributed by atoms with Crippen molar-refractivity contribution in [3.63, 3.8) is 0 Å². The molecule has 0 aliphatic carbocycles. The molecule has 0 rings (SSSR count). The van der Waals surface area contributed by atoms with Crippen molar-refractivity contribution in [2.24, 2.45) is 0 Å². The van der Waals surface area contributed by atoms with Gasteiger partial charge in [-0.1, -0.05) is 0 Å². The van der Waals surface area contributed by atoms with E-state index in [2.05, 4.69) is 0 Å². The summed E-state index contributed by atoms with van der Waals surface area (Å²) in [6, 6.07) is 0. The molecule has 0 spiro atoms. The summed E-state index contributed by atoms with van der Waals surface area (Å²) in [6.07, 6.45) is 1.58. The molecule has 0 aromatic rings. The minimum Gasteiger partial charge on any atom is -0.351 e. The van der Waals surface area contributed by atoms with Crippen LogP contribution in [0.5, 0.6) is 0 Å². The van der Waals surface area contributed by atoms with E-state index in [4.69, 9.17) is 0 Å². The third-order valence-electron chi connectivity index (χ3n) is 0.694. The van der Waals surface area contributed by atoms with Crippen molar-refractivity contribution in [3.8, 4) is 0 Å². The van der Waals surface area contributed by atoms with Crippen LogP contribution in [0.2, 0.25) is 0 Å². The van der Waals surface area contributed by atoms with E-state index in [1.807, 2.05) is 19.8 Å². The van der Waals surface area contributed by atoms with Gasteiger partial charge in [0.15, 0.2) is 7.98 Å². The summed E-state index contributed by atoms with van der Waals surface area (Å²) < 4.78 is 0. The second kappa shape index (κ2) is 3.87. The number of rotatable bonds is 3. The Morgan fingerprint density at radius 1 is 1.86 bits per heavy atom. The number of aldehydes is 1. The van der Waals surface area contributed by atoms with Gasteiger partial charge in [-0.25, -0.2) is 0 Å². The predicted molar refractivity (Wildman–Crippen MR) is 31.9 cm³/mol. The molecule has 0 heterocycles. The van der Waals surface area contributed by atoms with Crippen LogP contribution in [0, 0.1) is 0 Å². The summed E-state index contributed by atoms with van der Waals surface area (Å²) in [5, 5.41) is 0. The van der Waals surface area contributed by atoms with Crippen LogP contribution in [0.3, 0.4) is 0 Å². The summed E-state index contributed by atoms with van der Waals surface area (Å²) >= 11 is 0. The molecule has 0 aromatic heterocycles. The Hall–Kier alpha value is -0.305. The molecule has 0 saturated heterocycles. The van der Waals surface area contributed by atoms with E-state index in [-0.39, 0.29) is 0 Å². The zero-order valence-electron chi connectivity index (χ0n) is 4.85. The van der Waals surface area contributed by atoms with E-state index in [0.29, 0.717) is 6.42 Å². The number of carbonyl (C=O) groups is 1. The van der Waals surface area contributed by atoms with Crippen molar-refractivity contribution in [2.75, 3.05) is 13.6 Å². The maximum atomic E-state index is 9.68. The fourth-order valence-corrected chi connectivity index (χ4v) is 0.311. The van der Waals surface area contributed by atoms with Gasteiger partial charge in [-0.05, 0) is 13.6 Å². The lowest BCUT2D eigenvalue weighted by Crippen LogP contribution is -2.14. The Kier molecular flexibility index (Phi) is 3.70. The molecule has 7 heavy (non-hydrogen) atoms. The lowest BCUT2D eigenvalue weighted by molar-refractivity contribution is -0.107. The zero-order valence-corrected chi connectivity index (χ0v) is 4.85. The van der Waals surface area contributed by atoms with Crippen LogP contribution in [0.15, 0.2) is 0 Å². The van der Waals surface area contributed by atoms with E-state index in [1.54, 1.807) is 0 Å². The van der Waals surface area contributed by atoms with Gasteiger partial charge in [0.05, 0.1) is 0 Å². The van der Waals surface area contributed by atoms with Crippen molar-refractivity contribution in [3.05, 3.63) is 0 Å². The van der Waals surface area contributed by atoms with E-state index in [0.717, 1.165) is 12.8 Å². The Balaban J connectivity index is 2.81. The zero-order chi connectivity index (χ0) is 5.70. The second-order valence-electron chi connectivity index (χ2n) is 1.76. The quantitative estimate of drug-likeness (QED) is 0.336. The lowest BCUT2D eigenvalue weighted by Gasteiger charge is -2.03. The van der Waals surface area contributed by atoms with Crippen molar-refractivity contribution in [2.45, 2.75) is 6.42 Å². The summed E-state index contributed by atoms with van der Waals surface area (Å²) in [5.41, 5.74) is 0. The van der Waals surface area contributed by atoms with Crippen LogP contribution in [0.25, 0.3) is 0 Å². The smallest absolute Gasteiger partial charge is 0.185 e. The highest BCUT2D eigenvalue weighted by atomic mass is 16.1. The summed E-state index contributed by atoms with van der Waals surface area (Å²) in [6.45, 7) is 0.865. The van der Waals surface area contributed by atoms with Gasteiger partial charge in [0.25, 0.3) is 0 Å². The van der Waals surface area contributed by atoms with Crippen molar-refractivity contribution in [1.29, 1.82) is 0 Å². The average molecular weight is 98.9 g/mol. The van der Waals surface area contributed by atoms with Crippen molar-refractivity contribution in [1.82, 2.24) is 4.81 Å². The van der Waals surface area contributed by atoms with Gasteiger partial charge in [0, 0.05) is 6.42 Å². The highest BCUT2D eigenvalue weighted by Crippen LogP contribution is 1.73. The molecule has 3 heteroatoms. The van der Waals surface area contributed by atoms with Gasteiger partial charge < -0.3 is 9.61 Å². The fraction of sp³-hybridized carbons (Fsp3) is 0.750. The number of carbonyl (C=O) groups excluding carboxylic acids is 1. The molecular formula is C4H10BNO. The molecule has 0 aliphatic heterocycles. The maximum absolute atomic E-state index is 9.68. The standard InChI is InChI=1S/C4H10BNO/c1-6(5)3-2-4-7/h4H,2-3,5H2,1H3. The van der Waals surface area contributed by atoms with Gasteiger partial charge >= 0.3 is 0 Å². The number of hydrogen-bond donors (Lipinski definition) is 0. The normalized spacial score (nSPS) is 9.43. The molecule has 40 valence electrons. The largest absolute Gasteiger partial charge is 0.351 e. The topological polar surface area (TPSA) is 20.3 Å². The van der Waals surface area contributed by atoms with E-state index in [9.17, 15) is 4.79 Å². The maximum Gasteiger partial charge on any atom is 0.185 e. The van der Waals surface area contributed by atoms with Gasteiger partial charge in [-0.3, -0.25) is 0 Å². The van der Waals surface area contributed by atoms with Crippen LogP contribution in [-0.4, -0.2) is 32.7 Å². The molecule has 2 nitrogen and oxygen atoms in total. The van der Waals surface area contributed by atoms with Gasteiger partial charge in [0.1, 0.15) is 6.29 Å². The summed E-state index contributed by atoms with van der Waals surface area (Å²) in [7, 11) is 3.90. The van der Waals surface area contributed by atoms with Crippen LogP contribution < -0.4 is 0 Å². The van der Waals surface area contributed by atoms with Crippen LogP contribution in [0.1, 0.15) is 6.42 Å². The summed E-state index contributed by atoms with van der Waals surface area (Å²) in [5.74, 6) is 0. The average Bonchev–Trinajstić information content (AvgIpc) is 1.61. The van der Waals surface area contributed by atoms with Gasteiger partial charge in [-0.2, -0.15) is 0 Å². The molecule has 0 atom stereocenters. The number of hydrogen-bond acceptors (Lipinski definition) is 2. The molecule has 0 aliphatic rings. The van der Waals surface area contributed by atoms with Crippen molar-refractivity contribution < 1.29 is 4.79 Å².